The molecule has 0 bridgehead atoms. The Bertz CT molecular complexity index is 408. The van der Waals surface area contributed by atoms with Gasteiger partial charge in [-0.25, -0.2) is 8.78 Å². The number of nitrogens with two attached hydrogens (primary N) is 1. The van der Waals surface area contributed by atoms with Crippen LogP contribution in [-0.2, 0) is 4.74 Å². The predicted molar refractivity (Wildman–Crippen MR) is 61.8 cm³/mol. The van der Waals surface area contributed by atoms with E-state index in [1.165, 1.54) is 6.07 Å². The Kier molecular flexibility index (Phi) is 3.97. The van der Waals surface area contributed by atoms with Crippen LogP contribution in [0.1, 0.15) is 24.4 Å². The van der Waals surface area contributed by atoms with Crippen molar-refractivity contribution >= 4 is 11.6 Å². The van der Waals surface area contributed by atoms with Crippen LogP contribution >= 0.6 is 11.6 Å². The average molecular weight is 262 g/mol. The molecule has 2 rings (SSSR count). The third kappa shape index (κ3) is 2.59. The number of ether oxygens (including phenoxy) is 1. The van der Waals surface area contributed by atoms with E-state index in [-0.39, 0.29) is 16.5 Å². The summed E-state index contributed by atoms with van der Waals surface area (Å²) in [6.07, 6.45) is 1.43. The van der Waals surface area contributed by atoms with Gasteiger partial charge in [0.1, 0.15) is 11.6 Å². The SMILES string of the molecule is N[C@@H](c1c(F)ccc(Cl)c1F)C1CCOCC1. The van der Waals surface area contributed by atoms with Gasteiger partial charge in [-0.2, -0.15) is 0 Å². The molecular formula is C12H14ClF2NO. The molecule has 0 aromatic heterocycles. The average Bonchev–Trinajstić information content (AvgIpc) is 2.35. The highest BCUT2D eigenvalue weighted by atomic mass is 35.5. The van der Waals surface area contributed by atoms with Gasteiger partial charge >= 0.3 is 0 Å². The second-order valence-electron chi connectivity index (χ2n) is 4.23. The first-order valence-corrected chi connectivity index (χ1v) is 5.95. The van der Waals surface area contributed by atoms with Crippen molar-refractivity contribution in [3.05, 3.63) is 34.4 Å². The van der Waals surface area contributed by atoms with Gasteiger partial charge in [-0.1, -0.05) is 11.6 Å². The third-order valence-electron chi connectivity index (χ3n) is 3.19. The molecule has 0 radical (unpaired) electrons. The summed E-state index contributed by atoms with van der Waals surface area (Å²) in [7, 11) is 0. The molecule has 17 heavy (non-hydrogen) atoms. The van der Waals surface area contributed by atoms with E-state index < -0.39 is 17.7 Å². The minimum absolute atomic E-state index is 0.0335. The molecule has 0 saturated carbocycles. The molecule has 0 amide bonds. The van der Waals surface area contributed by atoms with Crippen molar-refractivity contribution in [2.24, 2.45) is 11.7 Å². The molecule has 1 aromatic carbocycles. The number of rotatable bonds is 2. The zero-order valence-corrected chi connectivity index (χ0v) is 10.0. The molecule has 1 saturated heterocycles. The van der Waals surface area contributed by atoms with E-state index in [0.717, 1.165) is 6.07 Å². The van der Waals surface area contributed by atoms with Gasteiger partial charge in [0.25, 0.3) is 0 Å². The fourth-order valence-electron chi connectivity index (χ4n) is 2.16. The minimum atomic E-state index is -0.745. The maximum Gasteiger partial charge on any atom is 0.149 e. The quantitative estimate of drug-likeness (QED) is 0.831. The monoisotopic (exact) mass is 261 g/mol. The van der Waals surface area contributed by atoms with E-state index in [2.05, 4.69) is 0 Å². The summed E-state index contributed by atoms with van der Waals surface area (Å²) in [5, 5.41) is -0.0936. The van der Waals surface area contributed by atoms with Crippen LogP contribution < -0.4 is 5.73 Å². The van der Waals surface area contributed by atoms with E-state index in [1.807, 2.05) is 0 Å². The Hall–Kier alpha value is -0.710. The molecule has 1 heterocycles. The minimum Gasteiger partial charge on any atom is -0.381 e. The number of hydrogen-bond donors (Lipinski definition) is 1. The Morgan fingerprint density at radius 1 is 1.29 bits per heavy atom. The molecule has 1 atom stereocenters. The molecule has 1 aliphatic rings. The first-order chi connectivity index (χ1) is 8.11. The molecule has 1 aliphatic heterocycles. The highest BCUT2D eigenvalue weighted by Crippen LogP contribution is 2.33. The van der Waals surface area contributed by atoms with Crippen LogP contribution in [0.25, 0.3) is 0 Å². The highest BCUT2D eigenvalue weighted by molar-refractivity contribution is 6.30. The van der Waals surface area contributed by atoms with Gasteiger partial charge in [-0.15, -0.1) is 0 Å². The van der Waals surface area contributed by atoms with Gasteiger partial charge in [0.2, 0.25) is 0 Å². The molecular weight excluding hydrogens is 248 g/mol. The van der Waals surface area contributed by atoms with Crippen molar-refractivity contribution in [1.82, 2.24) is 0 Å². The lowest BCUT2D eigenvalue weighted by Gasteiger charge is -2.28. The van der Waals surface area contributed by atoms with Crippen LogP contribution in [0.2, 0.25) is 5.02 Å². The summed E-state index contributed by atoms with van der Waals surface area (Å²) < 4.78 is 32.6. The van der Waals surface area contributed by atoms with Crippen molar-refractivity contribution in [3.8, 4) is 0 Å². The van der Waals surface area contributed by atoms with Crippen molar-refractivity contribution in [1.29, 1.82) is 0 Å². The largest absolute Gasteiger partial charge is 0.381 e. The lowest BCUT2D eigenvalue weighted by molar-refractivity contribution is 0.0576. The topological polar surface area (TPSA) is 35.2 Å². The molecule has 94 valence electrons. The van der Waals surface area contributed by atoms with E-state index in [9.17, 15) is 8.78 Å². The zero-order chi connectivity index (χ0) is 12.4. The van der Waals surface area contributed by atoms with Crippen molar-refractivity contribution in [2.45, 2.75) is 18.9 Å². The smallest absolute Gasteiger partial charge is 0.149 e. The van der Waals surface area contributed by atoms with Crippen molar-refractivity contribution in [2.75, 3.05) is 13.2 Å². The standard InChI is InChI=1S/C12H14ClF2NO/c13-8-1-2-9(14)10(11(8)15)12(16)7-3-5-17-6-4-7/h1-2,7,12H,3-6,16H2/t12-/m1/s1. The van der Waals surface area contributed by atoms with Gasteiger partial charge in [0, 0.05) is 24.8 Å². The molecule has 0 aliphatic carbocycles. The fraction of sp³-hybridized carbons (Fsp3) is 0.500. The van der Waals surface area contributed by atoms with Crippen LogP contribution in [0.15, 0.2) is 12.1 Å². The molecule has 0 spiro atoms. The second kappa shape index (κ2) is 5.29. The second-order valence-corrected chi connectivity index (χ2v) is 4.64. The summed E-state index contributed by atoms with van der Waals surface area (Å²) in [4.78, 5) is 0. The third-order valence-corrected chi connectivity index (χ3v) is 3.48. The summed E-state index contributed by atoms with van der Waals surface area (Å²) in [6, 6.07) is 1.68. The Balaban J connectivity index is 2.29. The molecule has 2 N–H and O–H groups in total. The van der Waals surface area contributed by atoms with Crippen molar-refractivity contribution < 1.29 is 13.5 Å². The van der Waals surface area contributed by atoms with E-state index in [1.54, 1.807) is 0 Å². The summed E-state index contributed by atoms with van der Waals surface area (Å²) in [5.74, 6) is -1.34. The van der Waals surface area contributed by atoms with Gasteiger partial charge in [0.05, 0.1) is 5.02 Å². The highest BCUT2D eigenvalue weighted by Gasteiger charge is 2.27. The van der Waals surface area contributed by atoms with Crippen LogP contribution in [0.5, 0.6) is 0 Å². The van der Waals surface area contributed by atoms with E-state index >= 15 is 0 Å². The first-order valence-electron chi connectivity index (χ1n) is 5.58. The van der Waals surface area contributed by atoms with Gasteiger partial charge in [0.15, 0.2) is 0 Å². The number of hydrogen-bond acceptors (Lipinski definition) is 2. The summed E-state index contributed by atoms with van der Waals surface area (Å²) in [6.45, 7) is 1.17. The Morgan fingerprint density at radius 2 is 1.94 bits per heavy atom. The van der Waals surface area contributed by atoms with Gasteiger partial charge in [-0.3, -0.25) is 0 Å². The van der Waals surface area contributed by atoms with Gasteiger partial charge < -0.3 is 10.5 Å². The predicted octanol–water partition coefficient (Wildman–Crippen LogP) is 3.04. The molecule has 2 nitrogen and oxygen atoms in total. The summed E-state index contributed by atoms with van der Waals surface area (Å²) in [5.41, 5.74) is 5.84. The van der Waals surface area contributed by atoms with Crippen LogP contribution in [0.4, 0.5) is 8.78 Å². The van der Waals surface area contributed by atoms with Gasteiger partial charge in [-0.05, 0) is 30.9 Å². The molecule has 0 unspecified atom stereocenters. The maximum absolute atomic E-state index is 13.8. The molecule has 5 heteroatoms. The lowest BCUT2D eigenvalue weighted by Crippen LogP contribution is -2.29. The Morgan fingerprint density at radius 3 is 2.59 bits per heavy atom. The fourth-order valence-corrected chi connectivity index (χ4v) is 2.32. The normalized spacial score (nSPS) is 19.3. The van der Waals surface area contributed by atoms with Crippen molar-refractivity contribution in [3.63, 3.8) is 0 Å². The first kappa shape index (κ1) is 12.7. The Labute approximate surface area is 104 Å². The number of benzene rings is 1. The maximum atomic E-state index is 13.8. The summed E-state index contributed by atoms with van der Waals surface area (Å²) >= 11 is 5.65. The van der Waals surface area contributed by atoms with Crippen LogP contribution in [0, 0.1) is 17.6 Å². The molecule has 1 aromatic rings. The van der Waals surface area contributed by atoms with E-state index in [4.69, 9.17) is 22.1 Å². The van der Waals surface area contributed by atoms with Crippen LogP contribution in [0.3, 0.4) is 0 Å². The molecule has 1 fully saturated rings. The van der Waals surface area contributed by atoms with E-state index in [0.29, 0.717) is 26.1 Å². The zero-order valence-electron chi connectivity index (χ0n) is 9.26. The number of halogens is 3. The lowest BCUT2D eigenvalue weighted by atomic mass is 9.87. The van der Waals surface area contributed by atoms with Crippen LogP contribution in [-0.4, -0.2) is 13.2 Å².